The Hall–Kier alpha value is -3.17. The predicted molar refractivity (Wildman–Crippen MR) is 123 cm³/mol. The molecule has 0 bridgehead atoms. The van der Waals surface area contributed by atoms with Crippen LogP contribution >= 0.6 is 23.4 Å². The third kappa shape index (κ3) is 5.74. The number of hydrogen-bond acceptors (Lipinski definition) is 5. The zero-order valence-corrected chi connectivity index (χ0v) is 18.8. The number of allylic oxidation sites excluding steroid dienone is 1. The van der Waals surface area contributed by atoms with Gasteiger partial charge in [-0.1, -0.05) is 47.6 Å². The zero-order valence-electron chi connectivity index (χ0n) is 17.3. The van der Waals surface area contributed by atoms with E-state index in [9.17, 15) is 14.0 Å². The molecule has 7 nitrogen and oxygen atoms in total. The third-order valence-corrected chi connectivity index (χ3v) is 5.88. The second kappa shape index (κ2) is 10.9. The van der Waals surface area contributed by atoms with Gasteiger partial charge < -0.3 is 15.2 Å². The van der Waals surface area contributed by atoms with Crippen LogP contribution in [0.3, 0.4) is 0 Å². The highest BCUT2D eigenvalue weighted by Crippen LogP contribution is 2.24. The summed E-state index contributed by atoms with van der Waals surface area (Å²) in [5.74, 6) is -0.814. The molecule has 3 aromatic rings. The molecular formula is C22H21ClFN5O2S. The Bertz CT molecular complexity index is 1150. The van der Waals surface area contributed by atoms with Gasteiger partial charge in [0.2, 0.25) is 5.91 Å². The summed E-state index contributed by atoms with van der Waals surface area (Å²) in [7, 11) is 0. The molecular weight excluding hydrogens is 453 g/mol. The van der Waals surface area contributed by atoms with Crippen LogP contribution in [-0.2, 0) is 17.9 Å². The lowest BCUT2D eigenvalue weighted by Gasteiger charge is -2.10. The van der Waals surface area contributed by atoms with E-state index in [0.29, 0.717) is 28.2 Å². The summed E-state index contributed by atoms with van der Waals surface area (Å²) >= 11 is 7.29. The highest BCUT2D eigenvalue weighted by atomic mass is 35.5. The molecule has 0 saturated carbocycles. The van der Waals surface area contributed by atoms with Gasteiger partial charge in [0.15, 0.2) is 11.0 Å². The molecule has 0 saturated heterocycles. The fourth-order valence-electron chi connectivity index (χ4n) is 2.83. The average molecular weight is 474 g/mol. The van der Waals surface area contributed by atoms with Crippen LogP contribution in [0.25, 0.3) is 0 Å². The van der Waals surface area contributed by atoms with Crippen molar-refractivity contribution in [2.75, 3.05) is 11.1 Å². The van der Waals surface area contributed by atoms with E-state index in [-0.39, 0.29) is 23.8 Å². The van der Waals surface area contributed by atoms with Gasteiger partial charge in [0, 0.05) is 17.3 Å². The fourth-order valence-corrected chi connectivity index (χ4v) is 3.77. The lowest BCUT2D eigenvalue weighted by Crippen LogP contribution is -2.25. The first kappa shape index (κ1) is 23.5. The molecule has 1 aromatic heterocycles. The van der Waals surface area contributed by atoms with Gasteiger partial charge in [-0.15, -0.1) is 16.8 Å². The number of carbonyl (C=O) groups excluding carboxylic acids is 2. The number of anilines is 1. The number of nitrogens with zero attached hydrogens (tertiary/aromatic N) is 3. The Morgan fingerprint density at radius 3 is 2.75 bits per heavy atom. The molecule has 0 fully saturated rings. The summed E-state index contributed by atoms with van der Waals surface area (Å²) < 4.78 is 15.5. The number of halogens is 2. The Labute approximate surface area is 194 Å². The topological polar surface area (TPSA) is 88.9 Å². The number of amides is 2. The van der Waals surface area contributed by atoms with Crippen molar-refractivity contribution in [1.82, 2.24) is 20.1 Å². The van der Waals surface area contributed by atoms with Crippen LogP contribution in [0.5, 0.6) is 0 Å². The number of thioether (sulfide) groups is 1. The van der Waals surface area contributed by atoms with Crippen LogP contribution in [0.2, 0.25) is 5.02 Å². The van der Waals surface area contributed by atoms with Gasteiger partial charge in [0.1, 0.15) is 5.82 Å². The quantitative estimate of drug-likeness (QED) is 0.358. The molecule has 1 heterocycles. The minimum absolute atomic E-state index is 0.0441. The van der Waals surface area contributed by atoms with Crippen molar-refractivity contribution >= 4 is 40.9 Å². The van der Waals surface area contributed by atoms with Gasteiger partial charge in [-0.2, -0.15) is 0 Å². The summed E-state index contributed by atoms with van der Waals surface area (Å²) in [6.07, 6.45) is 1.66. The molecule has 32 heavy (non-hydrogen) atoms. The van der Waals surface area contributed by atoms with E-state index >= 15 is 0 Å². The molecule has 2 N–H and O–H groups in total. The van der Waals surface area contributed by atoms with Gasteiger partial charge in [0.05, 0.1) is 17.9 Å². The molecule has 2 amide bonds. The van der Waals surface area contributed by atoms with Crippen LogP contribution in [0.15, 0.2) is 60.3 Å². The molecule has 0 atom stereocenters. The summed E-state index contributed by atoms with van der Waals surface area (Å²) in [4.78, 5) is 24.6. The van der Waals surface area contributed by atoms with E-state index in [0.717, 1.165) is 5.56 Å². The number of carbonyl (C=O) groups is 2. The lowest BCUT2D eigenvalue weighted by atomic mass is 10.2. The largest absolute Gasteiger partial charge is 0.345 e. The Kier molecular flexibility index (Phi) is 8.02. The number of hydrogen-bond donors (Lipinski definition) is 2. The maximum Gasteiger partial charge on any atom is 0.254 e. The molecule has 2 aromatic carbocycles. The van der Waals surface area contributed by atoms with Crippen LogP contribution in [0, 0.1) is 12.7 Å². The minimum atomic E-state index is -0.602. The zero-order chi connectivity index (χ0) is 23.1. The summed E-state index contributed by atoms with van der Waals surface area (Å²) in [6, 6.07) is 11.0. The SMILES string of the molecule is C=CCn1c(CNC(=O)c2ccccc2F)nnc1SCC(=O)Nc1cccc(Cl)c1C. The third-order valence-electron chi connectivity index (χ3n) is 4.50. The van der Waals surface area contributed by atoms with E-state index in [1.807, 2.05) is 6.92 Å². The monoisotopic (exact) mass is 473 g/mol. The van der Waals surface area contributed by atoms with Crippen molar-refractivity contribution < 1.29 is 14.0 Å². The standard InChI is InChI=1S/C22H21ClFN5O2S/c1-3-11-29-19(12-25-21(31)15-7-4-5-9-17(15)24)27-28-22(29)32-13-20(30)26-18-10-6-8-16(23)14(18)2/h3-10H,1,11-13H2,2H3,(H,25,31)(H,26,30). The normalized spacial score (nSPS) is 10.6. The second-order valence-corrected chi connectivity index (χ2v) is 8.06. The van der Waals surface area contributed by atoms with E-state index < -0.39 is 11.7 Å². The van der Waals surface area contributed by atoms with Crippen LogP contribution in [-0.4, -0.2) is 32.3 Å². The van der Waals surface area contributed by atoms with Crippen molar-refractivity contribution in [3.05, 3.63) is 82.9 Å². The Morgan fingerprint density at radius 2 is 2.00 bits per heavy atom. The minimum Gasteiger partial charge on any atom is -0.345 e. The maximum absolute atomic E-state index is 13.8. The molecule has 166 valence electrons. The first-order valence-electron chi connectivity index (χ1n) is 9.64. The number of benzene rings is 2. The molecule has 0 unspecified atom stereocenters. The molecule has 0 aliphatic rings. The molecule has 0 radical (unpaired) electrons. The van der Waals surface area contributed by atoms with Crippen molar-refractivity contribution in [1.29, 1.82) is 0 Å². The number of rotatable bonds is 9. The van der Waals surface area contributed by atoms with E-state index in [1.165, 1.54) is 30.0 Å². The van der Waals surface area contributed by atoms with Gasteiger partial charge in [-0.3, -0.25) is 9.59 Å². The van der Waals surface area contributed by atoms with Crippen LogP contribution < -0.4 is 10.6 Å². The van der Waals surface area contributed by atoms with E-state index in [1.54, 1.807) is 34.9 Å². The van der Waals surface area contributed by atoms with Gasteiger partial charge >= 0.3 is 0 Å². The van der Waals surface area contributed by atoms with Gasteiger partial charge in [-0.25, -0.2) is 4.39 Å². The van der Waals surface area contributed by atoms with Crippen molar-refractivity contribution in [3.8, 4) is 0 Å². The lowest BCUT2D eigenvalue weighted by molar-refractivity contribution is -0.113. The second-order valence-electron chi connectivity index (χ2n) is 6.71. The van der Waals surface area contributed by atoms with E-state index in [4.69, 9.17) is 11.6 Å². The molecule has 0 aliphatic carbocycles. The van der Waals surface area contributed by atoms with Crippen molar-refractivity contribution in [2.24, 2.45) is 0 Å². The van der Waals surface area contributed by atoms with Crippen LogP contribution in [0.4, 0.5) is 10.1 Å². The first-order chi connectivity index (χ1) is 15.4. The molecule has 10 heteroatoms. The summed E-state index contributed by atoms with van der Waals surface area (Å²) in [6.45, 7) is 5.98. The summed E-state index contributed by atoms with van der Waals surface area (Å²) in [5.41, 5.74) is 1.38. The highest BCUT2D eigenvalue weighted by molar-refractivity contribution is 7.99. The number of nitrogens with one attached hydrogen (secondary N) is 2. The predicted octanol–water partition coefficient (Wildman–Crippen LogP) is 4.23. The number of aromatic nitrogens is 3. The van der Waals surface area contributed by atoms with Crippen LogP contribution in [0.1, 0.15) is 21.7 Å². The average Bonchev–Trinajstić information content (AvgIpc) is 3.16. The fraction of sp³-hybridized carbons (Fsp3) is 0.182. The summed E-state index contributed by atoms with van der Waals surface area (Å²) in [5, 5.41) is 14.8. The molecule has 3 rings (SSSR count). The molecule has 0 aliphatic heterocycles. The van der Waals surface area contributed by atoms with Crippen molar-refractivity contribution in [2.45, 2.75) is 25.2 Å². The van der Waals surface area contributed by atoms with Gasteiger partial charge in [-0.05, 0) is 36.8 Å². The van der Waals surface area contributed by atoms with E-state index in [2.05, 4.69) is 27.4 Å². The highest BCUT2D eigenvalue weighted by Gasteiger charge is 2.16. The maximum atomic E-state index is 13.8. The van der Waals surface area contributed by atoms with Crippen molar-refractivity contribution in [3.63, 3.8) is 0 Å². The molecule has 0 spiro atoms. The Balaban J connectivity index is 1.63. The van der Waals surface area contributed by atoms with Gasteiger partial charge in [0.25, 0.3) is 5.91 Å². The first-order valence-corrected chi connectivity index (χ1v) is 11.0. The Morgan fingerprint density at radius 1 is 1.22 bits per heavy atom. The smallest absolute Gasteiger partial charge is 0.254 e.